The summed E-state index contributed by atoms with van der Waals surface area (Å²) in [6, 6.07) is 13.3. The van der Waals surface area contributed by atoms with Crippen molar-refractivity contribution < 1.29 is 34.2 Å². The first kappa shape index (κ1) is 33.6. The molecule has 0 amide bonds. The molecule has 9 nitrogen and oxygen atoms in total. The summed E-state index contributed by atoms with van der Waals surface area (Å²) in [5.41, 5.74) is 2.08. The summed E-state index contributed by atoms with van der Waals surface area (Å²) in [5.74, 6) is 5.77. The van der Waals surface area contributed by atoms with Gasteiger partial charge in [-0.2, -0.15) is 21.6 Å². The fraction of sp³-hybridized carbons (Fsp3) is 0.467. The van der Waals surface area contributed by atoms with Crippen LogP contribution in [-0.2, 0) is 30.7 Å². The third-order valence-corrected chi connectivity index (χ3v) is 9.00. The third-order valence-electron chi connectivity index (χ3n) is 7.28. The van der Waals surface area contributed by atoms with Crippen LogP contribution in [0, 0.1) is 11.8 Å². The Hall–Kier alpha value is -3.25. The molecule has 0 spiro atoms. The number of anilines is 2. The quantitative estimate of drug-likeness (QED) is 0.164. The van der Waals surface area contributed by atoms with Gasteiger partial charge in [0.2, 0.25) is 0 Å². The van der Waals surface area contributed by atoms with E-state index in [9.17, 15) is 30.0 Å². The second-order valence-electron chi connectivity index (χ2n) is 10.9. The van der Waals surface area contributed by atoms with Crippen molar-refractivity contribution in [2.24, 2.45) is 0 Å². The minimum atomic E-state index is -4.44. The van der Waals surface area contributed by atoms with Gasteiger partial charge in [0.05, 0.1) is 35.5 Å². The van der Waals surface area contributed by atoms with Crippen molar-refractivity contribution in [2.45, 2.75) is 49.3 Å². The summed E-state index contributed by atoms with van der Waals surface area (Å²) in [5, 5.41) is 7.24. The molecule has 3 aromatic rings. The number of alkyl halides is 3. The monoisotopic (exact) mass is 654 g/mol. The van der Waals surface area contributed by atoms with Gasteiger partial charge in [-0.25, -0.2) is 8.42 Å². The third kappa shape index (κ3) is 10.2. The Morgan fingerprint density at radius 2 is 1.70 bits per heavy atom. The highest BCUT2D eigenvalue weighted by atomic mass is 32.2. The zero-order chi connectivity index (χ0) is 32.0. The molecule has 1 aromatic heterocycles. The molecule has 1 aliphatic heterocycles. The lowest BCUT2D eigenvalue weighted by molar-refractivity contribution is -0.140. The largest absolute Gasteiger partial charge is 0.406 e. The first-order valence-corrected chi connectivity index (χ1v) is 17.9. The normalized spacial score (nSPS) is 15.2. The highest BCUT2D eigenvalue weighted by molar-refractivity contribution is 7.90. The van der Waals surface area contributed by atoms with Gasteiger partial charge in [0.15, 0.2) is 9.84 Å². The van der Waals surface area contributed by atoms with Crippen LogP contribution in [0.1, 0.15) is 31.4 Å². The van der Waals surface area contributed by atoms with Crippen molar-refractivity contribution in [2.75, 3.05) is 55.9 Å². The summed E-state index contributed by atoms with van der Waals surface area (Å²) < 4.78 is 92.1. The predicted octanol–water partition coefficient (Wildman–Crippen LogP) is 4.70. The summed E-state index contributed by atoms with van der Waals surface area (Å²) in [7, 11) is -6.73. The Bertz CT molecular complexity index is 1700. The van der Waals surface area contributed by atoms with Crippen molar-refractivity contribution >= 4 is 42.2 Å². The van der Waals surface area contributed by atoms with Crippen LogP contribution in [-0.4, -0.2) is 83.8 Å². The van der Waals surface area contributed by atoms with Crippen molar-refractivity contribution in [1.82, 2.24) is 9.47 Å². The first-order chi connectivity index (χ1) is 20.7. The molecule has 44 heavy (non-hydrogen) atoms. The minimum Gasteiger partial charge on any atom is -0.382 e. The van der Waals surface area contributed by atoms with E-state index in [0.29, 0.717) is 23.0 Å². The highest BCUT2D eigenvalue weighted by Crippen LogP contribution is 2.31. The van der Waals surface area contributed by atoms with E-state index in [1.165, 1.54) is 16.7 Å². The Kier molecular flexibility index (Phi) is 10.9. The number of piperidine rings is 1. The number of benzene rings is 2. The average Bonchev–Trinajstić information content (AvgIpc) is 3.27. The summed E-state index contributed by atoms with van der Waals surface area (Å²) in [4.78, 5) is 2.51. The van der Waals surface area contributed by atoms with E-state index >= 15 is 0 Å². The highest BCUT2D eigenvalue weighted by Gasteiger charge is 2.30. The van der Waals surface area contributed by atoms with E-state index in [0.717, 1.165) is 57.1 Å². The number of nitrogens with one attached hydrogen (secondary N) is 2. The second-order valence-corrected chi connectivity index (χ2v) is 14.6. The van der Waals surface area contributed by atoms with Crippen LogP contribution in [0.4, 0.5) is 24.5 Å². The SMILES string of the molecule is CS(=O)(=O)OCCCCN1CCC(Nc2cccc3c2cc(C#CCNc2ccc(S(C)(=O)=O)cc2)n3CC(F)(F)F)CC1. The van der Waals surface area contributed by atoms with Gasteiger partial charge in [0, 0.05) is 42.1 Å². The Morgan fingerprint density at radius 1 is 1.00 bits per heavy atom. The number of rotatable bonds is 12. The van der Waals surface area contributed by atoms with E-state index < -0.39 is 32.7 Å². The lowest BCUT2D eigenvalue weighted by atomic mass is 10.0. The number of aromatic nitrogens is 1. The number of hydrogen-bond donors (Lipinski definition) is 2. The molecule has 0 aliphatic carbocycles. The molecule has 4 rings (SSSR count). The molecule has 14 heteroatoms. The van der Waals surface area contributed by atoms with Crippen molar-refractivity contribution in [1.29, 1.82) is 0 Å². The van der Waals surface area contributed by atoms with Gasteiger partial charge in [-0.3, -0.25) is 4.18 Å². The number of sulfone groups is 1. The minimum absolute atomic E-state index is 0.153. The van der Waals surface area contributed by atoms with Crippen molar-refractivity contribution in [3.8, 4) is 11.8 Å². The summed E-state index contributed by atoms with van der Waals surface area (Å²) >= 11 is 0. The maximum absolute atomic E-state index is 13.6. The van der Waals surface area contributed by atoms with Gasteiger partial charge in [0.1, 0.15) is 6.54 Å². The fourth-order valence-corrected chi connectivity index (χ4v) is 6.18. The lowest BCUT2D eigenvalue weighted by Crippen LogP contribution is -2.39. The number of likely N-dealkylation sites (tertiary alicyclic amines) is 1. The first-order valence-electron chi connectivity index (χ1n) is 14.2. The molecule has 1 aliphatic rings. The van der Waals surface area contributed by atoms with Gasteiger partial charge in [-0.1, -0.05) is 12.0 Å². The number of unbranched alkanes of at least 4 members (excludes halogenated alkanes) is 1. The molecule has 0 unspecified atom stereocenters. The molecule has 1 saturated heterocycles. The van der Waals surface area contributed by atoms with Crippen LogP contribution in [0.2, 0.25) is 0 Å². The van der Waals surface area contributed by atoms with Gasteiger partial charge < -0.3 is 20.1 Å². The van der Waals surface area contributed by atoms with Crippen LogP contribution < -0.4 is 10.6 Å². The van der Waals surface area contributed by atoms with Gasteiger partial charge in [-0.15, -0.1) is 0 Å². The second kappa shape index (κ2) is 14.2. The molecule has 240 valence electrons. The maximum Gasteiger partial charge on any atom is 0.406 e. The van der Waals surface area contributed by atoms with E-state index in [1.54, 1.807) is 30.3 Å². The molecule has 2 N–H and O–H groups in total. The Morgan fingerprint density at radius 3 is 2.34 bits per heavy atom. The van der Waals surface area contributed by atoms with Gasteiger partial charge in [0.25, 0.3) is 10.1 Å². The van der Waals surface area contributed by atoms with Crippen LogP contribution in [0.25, 0.3) is 10.9 Å². The zero-order valence-electron chi connectivity index (χ0n) is 24.7. The molecule has 2 aromatic carbocycles. The zero-order valence-corrected chi connectivity index (χ0v) is 26.3. The van der Waals surface area contributed by atoms with Crippen LogP contribution in [0.15, 0.2) is 53.4 Å². The van der Waals surface area contributed by atoms with E-state index in [4.69, 9.17) is 4.18 Å². The van der Waals surface area contributed by atoms with E-state index in [-0.39, 0.29) is 29.8 Å². The molecule has 1 fully saturated rings. The van der Waals surface area contributed by atoms with Crippen LogP contribution in [0.5, 0.6) is 0 Å². The molecular formula is C30H37F3N4O5S2. The van der Waals surface area contributed by atoms with Gasteiger partial charge in [-0.05, 0) is 80.6 Å². The molecule has 2 heterocycles. The summed E-state index contributed by atoms with van der Waals surface area (Å²) in [6.45, 7) is 1.72. The topological polar surface area (TPSA) is 110 Å². The van der Waals surface area contributed by atoms with Gasteiger partial charge >= 0.3 is 6.18 Å². The number of hydrogen-bond acceptors (Lipinski definition) is 8. The Labute approximate surface area is 256 Å². The number of nitrogens with zero attached hydrogens (tertiary/aromatic N) is 2. The van der Waals surface area contributed by atoms with Crippen LogP contribution in [0.3, 0.4) is 0 Å². The van der Waals surface area contributed by atoms with Crippen molar-refractivity contribution in [3.05, 3.63) is 54.2 Å². The molecule has 0 atom stereocenters. The van der Waals surface area contributed by atoms with E-state index in [2.05, 4.69) is 27.4 Å². The Balaban J connectivity index is 1.40. The van der Waals surface area contributed by atoms with Crippen LogP contribution >= 0.6 is 0 Å². The van der Waals surface area contributed by atoms with E-state index in [1.807, 2.05) is 6.07 Å². The van der Waals surface area contributed by atoms with Crippen molar-refractivity contribution in [3.63, 3.8) is 0 Å². The molecule has 0 bridgehead atoms. The molecule has 0 saturated carbocycles. The number of halogens is 3. The fourth-order valence-electron chi connectivity index (χ4n) is 5.13. The lowest BCUT2D eigenvalue weighted by Gasteiger charge is -2.33. The number of fused-ring (bicyclic) bond motifs is 1. The predicted molar refractivity (Wildman–Crippen MR) is 166 cm³/mol. The smallest absolute Gasteiger partial charge is 0.382 e. The molecular weight excluding hydrogens is 617 g/mol. The average molecular weight is 655 g/mol. The maximum atomic E-state index is 13.6. The molecule has 0 radical (unpaired) electrons. The summed E-state index contributed by atoms with van der Waals surface area (Å²) in [6.07, 6.45) is 0.937. The standard InChI is InChI=1S/C30H37F3N4O5S2/c1-43(38,39)26-12-10-23(11-13-26)34-16-6-7-25-21-27-28(8-5-9-29(27)37(25)22-30(31,32)33)35-24-14-18-36(19-15-24)17-3-4-20-42-44(2,40)41/h5,8-13,21,24,34-35H,3-4,14-20,22H2,1-2H3.